The van der Waals surface area contributed by atoms with Gasteiger partial charge in [-0.1, -0.05) is 0 Å². The highest BCUT2D eigenvalue weighted by molar-refractivity contribution is 5.96. The number of nitrogens with two attached hydrogens (primary N) is 2. The van der Waals surface area contributed by atoms with Crippen LogP contribution in [0.1, 0.15) is 10.4 Å². The molecule has 0 unspecified atom stereocenters. The van der Waals surface area contributed by atoms with E-state index in [1.807, 2.05) is 0 Å². The number of anilines is 2. The SMILES string of the molecule is COC(=O)c1cc(N)ccc1NN. The standard InChI is InChI=1S/C8H11N3O2/c1-13-8(12)6-4-5(9)2-3-7(6)11-10/h2-4,11H,9-10H2,1H3. The number of benzene rings is 1. The van der Waals surface area contributed by atoms with E-state index in [1.165, 1.54) is 13.2 Å². The van der Waals surface area contributed by atoms with Crippen molar-refractivity contribution in [1.82, 2.24) is 0 Å². The van der Waals surface area contributed by atoms with Gasteiger partial charge in [0, 0.05) is 5.69 Å². The molecule has 5 N–H and O–H groups in total. The summed E-state index contributed by atoms with van der Waals surface area (Å²) in [5.74, 6) is 4.72. The molecule has 0 spiro atoms. The van der Waals surface area contributed by atoms with Crippen molar-refractivity contribution in [2.75, 3.05) is 18.3 Å². The minimum Gasteiger partial charge on any atom is -0.465 e. The third-order valence-corrected chi connectivity index (χ3v) is 1.60. The van der Waals surface area contributed by atoms with Crippen LogP contribution >= 0.6 is 0 Å². The van der Waals surface area contributed by atoms with E-state index in [0.717, 1.165) is 0 Å². The van der Waals surface area contributed by atoms with Gasteiger partial charge >= 0.3 is 5.97 Å². The fourth-order valence-corrected chi connectivity index (χ4v) is 0.967. The summed E-state index contributed by atoms with van der Waals surface area (Å²) in [5.41, 5.74) is 9.18. The van der Waals surface area contributed by atoms with Crippen molar-refractivity contribution in [3.63, 3.8) is 0 Å². The number of hydrogen-bond acceptors (Lipinski definition) is 5. The Bertz CT molecular complexity index is 325. The Hall–Kier alpha value is -1.75. The van der Waals surface area contributed by atoms with Crippen LogP contribution in [0.2, 0.25) is 0 Å². The van der Waals surface area contributed by atoms with Crippen molar-refractivity contribution >= 4 is 17.3 Å². The Morgan fingerprint density at radius 1 is 1.54 bits per heavy atom. The molecule has 1 aromatic rings. The molecule has 0 aliphatic carbocycles. The summed E-state index contributed by atoms with van der Waals surface area (Å²) in [6, 6.07) is 4.75. The summed E-state index contributed by atoms with van der Waals surface area (Å²) in [4.78, 5) is 11.2. The van der Waals surface area contributed by atoms with Gasteiger partial charge in [-0.15, -0.1) is 0 Å². The molecule has 0 aromatic heterocycles. The minimum absolute atomic E-state index is 0.324. The van der Waals surface area contributed by atoms with Crippen molar-refractivity contribution in [2.45, 2.75) is 0 Å². The molecule has 0 aliphatic heterocycles. The fraction of sp³-hybridized carbons (Fsp3) is 0.125. The molecule has 0 heterocycles. The molecule has 13 heavy (non-hydrogen) atoms. The van der Waals surface area contributed by atoms with Crippen molar-refractivity contribution in [3.05, 3.63) is 23.8 Å². The van der Waals surface area contributed by atoms with Gasteiger partial charge in [0.1, 0.15) is 0 Å². The van der Waals surface area contributed by atoms with E-state index in [-0.39, 0.29) is 0 Å². The Morgan fingerprint density at radius 3 is 2.77 bits per heavy atom. The molecular weight excluding hydrogens is 170 g/mol. The van der Waals surface area contributed by atoms with Crippen LogP contribution in [-0.2, 0) is 4.74 Å². The van der Waals surface area contributed by atoms with E-state index in [1.54, 1.807) is 12.1 Å². The third-order valence-electron chi connectivity index (χ3n) is 1.60. The van der Waals surface area contributed by atoms with Crippen LogP contribution in [0.5, 0.6) is 0 Å². The number of hydrogen-bond donors (Lipinski definition) is 3. The zero-order valence-electron chi connectivity index (χ0n) is 7.20. The number of esters is 1. The smallest absolute Gasteiger partial charge is 0.340 e. The van der Waals surface area contributed by atoms with E-state index in [0.29, 0.717) is 16.9 Å². The normalized spacial score (nSPS) is 9.38. The topological polar surface area (TPSA) is 90.4 Å². The maximum absolute atomic E-state index is 11.2. The second kappa shape index (κ2) is 3.77. The molecule has 0 saturated carbocycles. The number of carbonyl (C=O) groups excluding carboxylic acids is 1. The van der Waals surface area contributed by atoms with E-state index in [4.69, 9.17) is 11.6 Å². The Labute approximate surface area is 75.6 Å². The first-order valence-electron chi connectivity index (χ1n) is 3.63. The van der Waals surface area contributed by atoms with Crippen molar-refractivity contribution in [1.29, 1.82) is 0 Å². The molecular formula is C8H11N3O2. The van der Waals surface area contributed by atoms with Gasteiger partial charge in [-0.2, -0.15) is 0 Å². The molecule has 0 fully saturated rings. The quantitative estimate of drug-likeness (QED) is 0.265. The van der Waals surface area contributed by atoms with E-state index >= 15 is 0 Å². The third kappa shape index (κ3) is 1.88. The molecule has 0 aliphatic rings. The lowest BCUT2D eigenvalue weighted by molar-refractivity contribution is 0.0602. The van der Waals surface area contributed by atoms with Gasteiger partial charge in [-0.3, -0.25) is 5.84 Å². The summed E-state index contributed by atoms with van der Waals surface area (Å²) >= 11 is 0. The number of rotatable bonds is 2. The highest BCUT2D eigenvalue weighted by Crippen LogP contribution is 2.18. The van der Waals surface area contributed by atoms with Crippen molar-refractivity contribution in [3.8, 4) is 0 Å². The van der Waals surface area contributed by atoms with Crippen LogP contribution < -0.4 is 17.0 Å². The first kappa shape index (κ1) is 9.34. The molecule has 1 rings (SSSR count). The lowest BCUT2D eigenvalue weighted by Gasteiger charge is -2.07. The Kier molecular flexibility index (Phi) is 2.71. The van der Waals surface area contributed by atoms with Crippen LogP contribution in [0, 0.1) is 0 Å². The first-order valence-corrected chi connectivity index (χ1v) is 3.63. The molecule has 0 atom stereocenters. The van der Waals surface area contributed by atoms with Gasteiger partial charge in [0.2, 0.25) is 0 Å². The van der Waals surface area contributed by atoms with Gasteiger partial charge < -0.3 is 15.9 Å². The van der Waals surface area contributed by atoms with Gasteiger partial charge in [0.15, 0.2) is 0 Å². The molecule has 0 bridgehead atoms. The van der Waals surface area contributed by atoms with E-state index in [9.17, 15) is 4.79 Å². The summed E-state index contributed by atoms with van der Waals surface area (Å²) in [5, 5.41) is 0. The second-order valence-corrected chi connectivity index (χ2v) is 2.44. The maximum Gasteiger partial charge on any atom is 0.340 e. The lowest BCUT2D eigenvalue weighted by Crippen LogP contribution is -2.13. The summed E-state index contributed by atoms with van der Waals surface area (Å²) in [6.45, 7) is 0. The van der Waals surface area contributed by atoms with Gasteiger partial charge in [0.05, 0.1) is 18.4 Å². The highest BCUT2D eigenvalue weighted by Gasteiger charge is 2.10. The molecule has 70 valence electrons. The number of nitrogen functional groups attached to an aromatic ring is 2. The highest BCUT2D eigenvalue weighted by atomic mass is 16.5. The summed E-state index contributed by atoms with van der Waals surface area (Å²) < 4.78 is 4.54. The zero-order valence-corrected chi connectivity index (χ0v) is 7.20. The van der Waals surface area contributed by atoms with Crippen LogP contribution in [0.15, 0.2) is 18.2 Å². The Balaban J connectivity index is 3.15. The average Bonchev–Trinajstić information content (AvgIpc) is 2.16. The predicted octanol–water partition coefficient (Wildman–Crippen LogP) is 0.341. The second-order valence-electron chi connectivity index (χ2n) is 2.44. The van der Waals surface area contributed by atoms with Crippen molar-refractivity contribution < 1.29 is 9.53 Å². The average molecular weight is 181 g/mol. The number of hydrazine groups is 1. The molecule has 5 nitrogen and oxygen atoms in total. The maximum atomic E-state index is 11.2. The van der Waals surface area contributed by atoms with Gasteiger partial charge in [-0.25, -0.2) is 4.79 Å². The van der Waals surface area contributed by atoms with Gasteiger partial charge in [0.25, 0.3) is 0 Å². The monoisotopic (exact) mass is 181 g/mol. The molecule has 5 heteroatoms. The fourth-order valence-electron chi connectivity index (χ4n) is 0.967. The Morgan fingerprint density at radius 2 is 2.23 bits per heavy atom. The minimum atomic E-state index is -0.472. The van der Waals surface area contributed by atoms with Crippen molar-refractivity contribution in [2.24, 2.45) is 5.84 Å². The van der Waals surface area contributed by atoms with Crippen LogP contribution in [0.3, 0.4) is 0 Å². The number of nitrogens with one attached hydrogen (secondary N) is 1. The lowest BCUT2D eigenvalue weighted by atomic mass is 10.1. The summed E-state index contributed by atoms with van der Waals surface area (Å²) in [6.07, 6.45) is 0. The number of methoxy groups -OCH3 is 1. The number of carbonyl (C=O) groups is 1. The van der Waals surface area contributed by atoms with E-state index < -0.39 is 5.97 Å². The molecule has 0 saturated heterocycles. The van der Waals surface area contributed by atoms with Gasteiger partial charge in [-0.05, 0) is 18.2 Å². The van der Waals surface area contributed by atoms with Crippen LogP contribution in [-0.4, -0.2) is 13.1 Å². The predicted molar refractivity (Wildman–Crippen MR) is 50.0 cm³/mol. The molecule has 0 radical (unpaired) electrons. The molecule has 0 amide bonds. The number of ether oxygens (including phenoxy) is 1. The van der Waals surface area contributed by atoms with E-state index in [2.05, 4.69) is 10.2 Å². The van der Waals surface area contributed by atoms with Crippen LogP contribution in [0.4, 0.5) is 11.4 Å². The first-order chi connectivity index (χ1) is 6.19. The summed E-state index contributed by atoms with van der Waals surface area (Å²) in [7, 11) is 1.30. The largest absolute Gasteiger partial charge is 0.465 e. The zero-order chi connectivity index (χ0) is 9.84. The van der Waals surface area contributed by atoms with Crippen LogP contribution in [0.25, 0.3) is 0 Å². The molecule has 1 aromatic carbocycles.